The molecular formula is C61H86N18O15S2. The van der Waals surface area contributed by atoms with E-state index in [0.717, 1.165) is 6.92 Å². The van der Waals surface area contributed by atoms with Gasteiger partial charge in [0, 0.05) is 72.8 Å². The Morgan fingerprint density at radius 1 is 0.646 bits per heavy atom. The van der Waals surface area contributed by atoms with Gasteiger partial charge in [-0.1, -0.05) is 62.4 Å². The highest BCUT2D eigenvalue weighted by Crippen LogP contribution is 2.22. The van der Waals surface area contributed by atoms with Crippen LogP contribution in [0.2, 0.25) is 0 Å². The summed E-state index contributed by atoms with van der Waals surface area (Å²) in [6.07, 6.45) is 3.95. The Hall–Kier alpha value is -9.77. The zero-order valence-electron chi connectivity index (χ0n) is 53.4. The van der Waals surface area contributed by atoms with Gasteiger partial charge in [0.1, 0.15) is 60.4 Å². The van der Waals surface area contributed by atoms with Crippen molar-refractivity contribution < 1.29 is 72.5 Å². The summed E-state index contributed by atoms with van der Waals surface area (Å²) < 4.78 is 0. The molecule has 522 valence electrons. The number of benzene rings is 2. The summed E-state index contributed by atoms with van der Waals surface area (Å²) in [6.45, 7) is 5.43. The van der Waals surface area contributed by atoms with Gasteiger partial charge in [-0.2, -0.15) is 25.3 Å². The molecule has 4 aromatic rings. The van der Waals surface area contributed by atoms with Crippen molar-refractivity contribution in [2.75, 3.05) is 31.1 Å². The number of likely N-dealkylation sites (tertiary alicyclic amines) is 1. The van der Waals surface area contributed by atoms with Crippen molar-refractivity contribution >= 4 is 119 Å². The zero-order valence-corrected chi connectivity index (χ0v) is 55.2. The quantitative estimate of drug-likeness (QED) is 0.00888. The van der Waals surface area contributed by atoms with Gasteiger partial charge in [0.05, 0.1) is 25.3 Å². The summed E-state index contributed by atoms with van der Waals surface area (Å²) >= 11 is 8.42. The highest BCUT2D eigenvalue weighted by Gasteiger charge is 2.41. The van der Waals surface area contributed by atoms with Gasteiger partial charge in [0.25, 0.3) is 0 Å². The molecule has 1 fully saturated rings. The molecule has 33 nitrogen and oxygen atoms in total. The van der Waals surface area contributed by atoms with Crippen LogP contribution in [0.5, 0.6) is 0 Å². The summed E-state index contributed by atoms with van der Waals surface area (Å²) in [5.74, 6) is -13.3. The van der Waals surface area contributed by atoms with Crippen LogP contribution in [0.1, 0.15) is 83.0 Å². The van der Waals surface area contributed by atoms with Gasteiger partial charge < -0.3 is 95.4 Å². The Balaban J connectivity index is 1.32. The maximum absolute atomic E-state index is 14.9. The second-order valence-electron chi connectivity index (χ2n) is 23.4. The number of rotatable bonds is 38. The van der Waals surface area contributed by atoms with Crippen molar-refractivity contribution in [2.45, 2.75) is 152 Å². The molecule has 3 heterocycles. The topological polar surface area (TPSA) is 521 Å². The monoisotopic (exact) mass is 1370 g/mol. The van der Waals surface area contributed by atoms with Crippen molar-refractivity contribution in [3.63, 3.8) is 0 Å². The predicted octanol–water partition coefficient (Wildman–Crippen LogP) is -3.73. The largest absolute Gasteiger partial charge is 0.481 e. The third kappa shape index (κ3) is 24.2. The number of carboxylic acid groups (broad SMARTS) is 2. The molecular weight excluding hydrogens is 1290 g/mol. The SMILES string of the molecule is CC(C)C[C@H](NC(=O)[C@@H](N)Cc1cnc[nH]1)C(=O)N[C@@H](CS)C(=O)NCC(=O)N[C@@H](C)C(=O)N[C@@H](Cc1c[nH]c2ccccc12)C(=O)N[C@@H](Cc1ccccc1)C(=O)N[C@@H](CCCN=C(N)N)C(=O)N1CCC[C@H]1C(=O)N[C@@H](CS)C(=O)N[C@@H](CC(=O)O)C(=O)NC(C)C(=O)O. The fraction of sp³-hybridized carbons (Fsp3) is 0.492. The summed E-state index contributed by atoms with van der Waals surface area (Å²) in [7, 11) is 0. The number of carbonyl (C=O) groups is 13. The van der Waals surface area contributed by atoms with Crippen molar-refractivity contribution in [3.8, 4) is 0 Å². The molecule has 35 heteroatoms. The lowest BCUT2D eigenvalue weighted by atomic mass is 10.0. The lowest BCUT2D eigenvalue weighted by Gasteiger charge is -2.31. The number of carboxylic acids is 2. The van der Waals surface area contributed by atoms with Gasteiger partial charge in [-0.05, 0) is 69.1 Å². The number of H-pyrrole nitrogens is 2. The molecule has 2 aromatic heterocycles. The fourth-order valence-corrected chi connectivity index (χ4v) is 10.7. The van der Waals surface area contributed by atoms with Crippen molar-refractivity contribution in [1.29, 1.82) is 0 Å². The van der Waals surface area contributed by atoms with E-state index < -0.39 is 156 Å². The summed E-state index contributed by atoms with van der Waals surface area (Å²) in [5, 5.41) is 44.6. The standard InChI is InChI=1S/C61H86N18O15S2/c1-31(2)20-41(74-51(84)38(62)23-36-26-65-30-69-36)54(87)77-45(28-95)52(85)68-27-48(80)70-32(3)50(83)73-43(22-35-25-67-39-15-9-8-14-37(35)39)56(89)75-42(21-34-12-6-5-7-13-34)55(88)72-40(16-10-18-66-61(63)64)59(92)79-19-11-17-47(79)58(91)78-46(29-96)57(90)76-44(24-49(81)82)53(86)71-33(4)60(93)94/h5-9,12-15,25-26,30-33,38,40-47,67,95-96H,10-11,16-24,27-29,62H2,1-4H3,(H,65,69)(H,68,85)(H,70,80)(H,71,86)(H,72,88)(H,73,83)(H,74,84)(H,75,89)(H,76,90)(H,77,87)(H,78,91)(H,81,82)(H,93,94)(H4,63,64,66)/t32-,33?,38-,40-,41-,42-,43-,44-,45-,46-,47-/m0/s1. The molecule has 1 aliphatic rings. The maximum atomic E-state index is 14.9. The van der Waals surface area contributed by atoms with E-state index in [-0.39, 0.29) is 87.8 Å². The Bertz CT molecular complexity index is 3410. The van der Waals surface area contributed by atoms with E-state index >= 15 is 0 Å². The van der Waals surface area contributed by atoms with E-state index in [0.29, 0.717) is 27.7 Å². The summed E-state index contributed by atoms with van der Waals surface area (Å²) in [5.41, 5.74) is 19.7. The number of para-hydroxylation sites is 1. The van der Waals surface area contributed by atoms with Crippen LogP contribution in [0, 0.1) is 5.92 Å². The number of amides is 11. The first-order valence-electron chi connectivity index (χ1n) is 30.9. The molecule has 1 aliphatic heterocycles. The molecule has 20 N–H and O–H groups in total. The first-order valence-corrected chi connectivity index (χ1v) is 32.2. The van der Waals surface area contributed by atoms with Crippen molar-refractivity contribution in [2.24, 2.45) is 28.1 Å². The van der Waals surface area contributed by atoms with Crippen LogP contribution in [-0.4, -0.2) is 211 Å². The maximum Gasteiger partial charge on any atom is 0.325 e. The number of fused-ring (bicyclic) bond motifs is 1. The van der Waals surface area contributed by atoms with Gasteiger partial charge in [-0.25, -0.2) is 4.98 Å². The molecule has 96 heavy (non-hydrogen) atoms. The van der Waals surface area contributed by atoms with Gasteiger partial charge >= 0.3 is 11.9 Å². The van der Waals surface area contributed by atoms with Crippen LogP contribution in [0.15, 0.2) is 78.3 Å². The summed E-state index contributed by atoms with van der Waals surface area (Å²) in [6, 6.07) is 0.588. The first kappa shape index (κ1) is 76.9. The molecule has 11 atom stereocenters. The Morgan fingerprint density at radius 2 is 1.23 bits per heavy atom. The molecule has 0 radical (unpaired) electrons. The fourth-order valence-electron chi connectivity index (χ4n) is 10.2. The predicted molar refractivity (Wildman–Crippen MR) is 356 cm³/mol. The highest BCUT2D eigenvalue weighted by atomic mass is 32.1. The van der Waals surface area contributed by atoms with Crippen LogP contribution in [-0.2, 0) is 81.6 Å². The molecule has 11 amide bonds. The highest BCUT2D eigenvalue weighted by molar-refractivity contribution is 7.80. The number of thiol groups is 2. The Labute approximate surface area is 563 Å². The normalized spacial score (nSPS) is 15.8. The van der Waals surface area contributed by atoms with E-state index in [1.54, 1.807) is 60.8 Å². The number of nitrogens with two attached hydrogens (primary N) is 3. The van der Waals surface area contributed by atoms with E-state index in [1.807, 2.05) is 13.8 Å². The lowest BCUT2D eigenvalue weighted by Crippen LogP contribution is -2.60. The number of hydrogen-bond acceptors (Lipinski definition) is 18. The Morgan fingerprint density at radius 3 is 1.86 bits per heavy atom. The smallest absolute Gasteiger partial charge is 0.325 e. The van der Waals surface area contributed by atoms with Crippen LogP contribution >= 0.6 is 25.3 Å². The third-order valence-corrected chi connectivity index (χ3v) is 16.0. The number of guanidine groups is 1. The van der Waals surface area contributed by atoms with Crippen LogP contribution < -0.4 is 70.4 Å². The van der Waals surface area contributed by atoms with Crippen molar-refractivity contribution in [3.05, 3.63) is 90.1 Å². The minimum Gasteiger partial charge on any atom is -0.481 e. The van der Waals surface area contributed by atoms with Crippen LogP contribution in [0.25, 0.3) is 10.9 Å². The summed E-state index contributed by atoms with van der Waals surface area (Å²) in [4.78, 5) is 191. The zero-order chi connectivity index (χ0) is 70.8. The van der Waals surface area contributed by atoms with Gasteiger partial charge in [0.2, 0.25) is 65.0 Å². The molecule has 0 bridgehead atoms. The molecule has 5 rings (SSSR count). The van der Waals surface area contributed by atoms with Gasteiger partial charge in [-0.15, -0.1) is 0 Å². The Kier molecular flexibility index (Phi) is 30.4. The third-order valence-electron chi connectivity index (χ3n) is 15.3. The minimum atomic E-state index is -1.77. The number of aromatic amines is 2. The van der Waals surface area contributed by atoms with Gasteiger partial charge in [-0.3, -0.25) is 67.3 Å². The van der Waals surface area contributed by atoms with E-state index in [1.165, 1.54) is 24.3 Å². The van der Waals surface area contributed by atoms with E-state index in [2.05, 4.69) is 98.4 Å². The van der Waals surface area contributed by atoms with E-state index in [9.17, 15) is 72.5 Å². The number of aliphatic imine (C=N–C) groups is 1. The molecule has 0 saturated carbocycles. The number of carbonyl (C=O) groups excluding carboxylic acids is 11. The van der Waals surface area contributed by atoms with Crippen LogP contribution in [0.3, 0.4) is 0 Å². The molecule has 1 saturated heterocycles. The number of aliphatic carboxylic acids is 2. The lowest BCUT2D eigenvalue weighted by molar-refractivity contribution is -0.143. The van der Waals surface area contributed by atoms with Crippen LogP contribution in [0.4, 0.5) is 0 Å². The average Bonchev–Trinajstić information content (AvgIpc) is 1.64. The molecule has 0 spiro atoms. The second-order valence-corrected chi connectivity index (χ2v) is 24.1. The van der Waals surface area contributed by atoms with E-state index in [4.69, 9.17) is 17.2 Å². The minimum absolute atomic E-state index is 0.00221. The molecule has 1 unspecified atom stereocenters. The molecule has 2 aromatic carbocycles. The first-order chi connectivity index (χ1) is 45.6. The number of imidazole rings is 1. The number of nitrogens with zero attached hydrogens (tertiary/aromatic N) is 3. The second kappa shape index (κ2) is 37.9. The van der Waals surface area contributed by atoms with Crippen molar-refractivity contribution in [1.82, 2.24) is 73.0 Å². The number of nitrogens with one attached hydrogen (secondary N) is 12. The average molecular weight is 1380 g/mol. The van der Waals surface area contributed by atoms with Gasteiger partial charge in [0.15, 0.2) is 5.96 Å². The number of aromatic nitrogens is 3. The molecule has 0 aliphatic carbocycles. The number of hydrogen-bond donors (Lipinski definition) is 19.